The first-order chi connectivity index (χ1) is 8.63. The normalized spacial score (nSPS) is 33.6. The van der Waals surface area contributed by atoms with E-state index in [2.05, 4.69) is 43.0 Å². The zero-order valence-electron chi connectivity index (χ0n) is 11.3. The average molecular weight is 248 g/mol. The van der Waals surface area contributed by atoms with E-state index in [1.54, 1.807) is 0 Å². The third-order valence-corrected chi connectivity index (χ3v) is 4.27. The zero-order valence-corrected chi connectivity index (χ0v) is 11.3. The number of benzene rings is 1. The second kappa shape index (κ2) is 5.83. The largest absolute Gasteiger partial charge is 0.393 e. The Hall–Kier alpha value is -0.900. The summed E-state index contributed by atoms with van der Waals surface area (Å²) in [6.07, 6.45) is 0.561. The Kier molecular flexibility index (Phi) is 4.38. The van der Waals surface area contributed by atoms with Crippen LogP contribution in [0.25, 0.3) is 0 Å². The number of aliphatic hydroxyl groups excluding tert-OH is 1. The SMILES string of the molecule is C[C@@H]1CC(O)C(CN)[C@H](C)N1Cc1ccccc1. The summed E-state index contributed by atoms with van der Waals surface area (Å²) in [7, 11) is 0. The fourth-order valence-corrected chi connectivity index (χ4v) is 3.08. The highest BCUT2D eigenvalue weighted by atomic mass is 16.3. The maximum Gasteiger partial charge on any atom is 0.0610 e. The van der Waals surface area contributed by atoms with Crippen LogP contribution in [0.3, 0.4) is 0 Å². The molecule has 0 aromatic heterocycles. The minimum atomic E-state index is -0.257. The number of hydrogen-bond acceptors (Lipinski definition) is 3. The van der Waals surface area contributed by atoms with Crippen molar-refractivity contribution >= 4 is 0 Å². The summed E-state index contributed by atoms with van der Waals surface area (Å²) >= 11 is 0. The van der Waals surface area contributed by atoms with Crippen LogP contribution in [0, 0.1) is 5.92 Å². The molecule has 0 radical (unpaired) electrons. The van der Waals surface area contributed by atoms with Gasteiger partial charge < -0.3 is 10.8 Å². The molecule has 1 aliphatic rings. The quantitative estimate of drug-likeness (QED) is 0.854. The third kappa shape index (κ3) is 2.74. The van der Waals surface area contributed by atoms with Crippen molar-refractivity contribution in [3.63, 3.8) is 0 Å². The van der Waals surface area contributed by atoms with Crippen LogP contribution in [-0.2, 0) is 6.54 Å². The lowest BCUT2D eigenvalue weighted by atomic mass is 9.84. The first-order valence-corrected chi connectivity index (χ1v) is 6.81. The van der Waals surface area contributed by atoms with Crippen LogP contribution in [0.4, 0.5) is 0 Å². The molecule has 3 heteroatoms. The van der Waals surface area contributed by atoms with E-state index in [-0.39, 0.29) is 12.0 Å². The molecule has 3 N–H and O–H groups in total. The van der Waals surface area contributed by atoms with E-state index < -0.39 is 0 Å². The van der Waals surface area contributed by atoms with Crippen molar-refractivity contribution in [3.05, 3.63) is 35.9 Å². The van der Waals surface area contributed by atoms with Gasteiger partial charge in [-0.05, 0) is 32.4 Å². The van der Waals surface area contributed by atoms with Crippen molar-refractivity contribution in [1.29, 1.82) is 0 Å². The number of hydrogen-bond donors (Lipinski definition) is 2. The highest BCUT2D eigenvalue weighted by Crippen LogP contribution is 2.29. The number of aliphatic hydroxyl groups is 1. The van der Waals surface area contributed by atoms with Crippen molar-refractivity contribution in [2.75, 3.05) is 6.54 Å². The maximum absolute atomic E-state index is 10.1. The Morgan fingerprint density at radius 1 is 1.28 bits per heavy atom. The summed E-state index contributed by atoms with van der Waals surface area (Å²) in [6, 6.07) is 11.2. The van der Waals surface area contributed by atoms with Crippen LogP contribution in [0.2, 0.25) is 0 Å². The summed E-state index contributed by atoms with van der Waals surface area (Å²) in [6.45, 7) is 5.86. The van der Waals surface area contributed by atoms with Gasteiger partial charge in [0.25, 0.3) is 0 Å². The van der Waals surface area contributed by atoms with Gasteiger partial charge in [0.15, 0.2) is 0 Å². The predicted octanol–water partition coefficient (Wildman–Crippen LogP) is 1.61. The van der Waals surface area contributed by atoms with Crippen molar-refractivity contribution < 1.29 is 5.11 Å². The molecule has 1 aromatic rings. The smallest absolute Gasteiger partial charge is 0.0610 e. The second-order valence-electron chi connectivity index (χ2n) is 5.45. The van der Waals surface area contributed by atoms with Gasteiger partial charge in [0, 0.05) is 24.5 Å². The Morgan fingerprint density at radius 3 is 2.56 bits per heavy atom. The summed E-state index contributed by atoms with van der Waals surface area (Å²) in [5, 5.41) is 10.1. The topological polar surface area (TPSA) is 49.5 Å². The molecule has 0 saturated carbocycles. The van der Waals surface area contributed by atoms with Gasteiger partial charge in [-0.3, -0.25) is 4.90 Å². The minimum absolute atomic E-state index is 0.185. The van der Waals surface area contributed by atoms with Gasteiger partial charge in [-0.15, -0.1) is 0 Å². The fourth-order valence-electron chi connectivity index (χ4n) is 3.08. The number of rotatable bonds is 3. The molecule has 0 amide bonds. The van der Waals surface area contributed by atoms with Crippen LogP contribution >= 0.6 is 0 Å². The van der Waals surface area contributed by atoms with Crippen LogP contribution in [-0.4, -0.2) is 34.7 Å². The van der Waals surface area contributed by atoms with Gasteiger partial charge in [-0.1, -0.05) is 30.3 Å². The fraction of sp³-hybridized carbons (Fsp3) is 0.600. The summed E-state index contributed by atoms with van der Waals surface area (Å²) in [5.41, 5.74) is 7.12. The van der Waals surface area contributed by atoms with Gasteiger partial charge >= 0.3 is 0 Å². The molecule has 4 atom stereocenters. The van der Waals surface area contributed by atoms with E-state index in [0.29, 0.717) is 18.6 Å². The van der Waals surface area contributed by atoms with Gasteiger partial charge in [0.2, 0.25) is 0 Å². The molecule has 3 nitrogen and oxygen atoms in total. The summed E-state index contributed by atoms with van der Waals surface area (Å²) in [4.78, 5) is 2.46. The Bertz CT molecular complexity index is 368. The summed E-state index contributed by atoms with van der Waals surface area (Å²) < 4.78 is 0. The average Bonchev–Trinajstić information content (AvgIpc) is 2.36. The number of nitrogens with two attached hydrogens (primary N) is 1. The van der Waals surface area contributed by atoms with Crippen LogP contribution in [0.1, 0.15) is 25.8 Å². The predicted molar refractivity (Wildman–Crippen MR) is 74.1 cm³/mol. The molecule has 2 rings (SSSR count). The number of nitrogens with zero attached hydrogens (tertiary/aromatic N) is 1. The van der Waals surface area contributed by atoms with E-state index >= 15 is 0 Å². The lowest BCUT2D eigenvalue weighted by Gasteiger charge is -2.46. The van der Waals surface area contributed by atoms with E-state index in [4.69, 9.17) is 5.73 Å². The molecule has 1 saturated heterocycles. The number of piperidine rings is 1. The Morgan fingerprint density at radius 2 is 1.94 bits per heavy atom. The Labute approximate surface area is 110 Å². The van der Waals surface area contributed by atoms with Crippen molar-refractivity contribution in [2.45, 2.75) is 45.0 Å². The second-order valence-corrected chi connectivity index (χ2v) is 5.45. The van der Waals surface area contributed by atoms with E-state index in [1.165, 1.54) is 5.56 Å². The van der Waals surface area contributed by atoms with Crippen molar-refractivity contribution in [1.82, 2.24) is 4.90 Å². The van der Waals surface area contributed by atoms with Crippen LogP contribution in [0.15, 0.2) is 30.3 Å². The molecule has 0 bridgehead atoms. The lowest BCUT2D eigenvalue weighted by molar-refractivity contribution is -0.0389. The van der Waals surface area contributed by atoms with E-state index in [1.807, 2.05) is 6.07 Å². The van der Waals surface area contributed by atoms with E-state index in [9.17, 15) is 5.11 Å². The van der Waals surface area contributed by atoms with Crippen molar-refractivity contribution in [3.8, 4) is 0 Å². The summed E-state index contributed by atoms with van der Waals surface area (Å²) in [5.74, 6) is 0.185. The van der Waals surface area contributed by atoms with Crippen LogP contribution in [0.5, 0.6) is 0 Å². The molecule has 0 spiro atoms. The molecule has 1 fully saturated rings. The maximum atomic E-state index is 10.1. The van der Waals surface area contributed by atoms with E-state index in [0.717, 1.165) is 13.0 Å². The van der Waals surface area contributed by atoms with Gasteiger partial charge in [0.05, 0.1) is 6.10 Å². The molecule has 0 aliphatic carbocycles. The van der Waals surface area contributed by atoms with Crippen molar-refractivity contribution in [2.24, 2.45) is 11.7 Å². The molecular formula is C15H24N2O. The Balaban J connectivity index is 2.11. The molecule has 1 heterocycles. The highest BCUT2D eigenvalue weighted by Gasteiger charge is 2.37. The monoisotopic (exact) mass is 248 g/mol. The third-order valence-electron chi connectivity index (χ3n) is 4.27. The minimum Gasteiger partial charge on any atom is -0.393 e. The van der Waals surface area contributed by atoms with Crippen LogP contribution < -0.4 is 5.73 Å². The first kappa shape index (κ1) is 13.5. The van der Waals surface area contributed by atoms with Gasteiger partial charge in [0.1, 0.15) is 0 Å². The highest BCUT2D eigenvalue weighted by molar-refractivity contribution is 5.15. The molecule has 100 valence electrons. The molecular weight excluding hydrogens is 224 g/mol. The first-order valence-electron chi connectivity index (χ1n) is 6.81. The molecule has 2 unspecified atom stereocenters. The van der Waals surface area contributed by atoms with Gasteiger partial charge in [-0.2, -0.15) is 0 Å². The molecule has 1 aromatic carbocycles. The number of likely N-dealkylation sites (tertiary alicyclic amines) is 1. The van der Waals surface area contributed by atoms with Gasteiger partial charge in [-0.25, -0.2) is 0 Å². The molecule has 18 heavy (non-hydrogen) atoms. The standard InChI is InChI=1S/C15H24N2O/c1-11-8-15(18)14(9-16)12(2)17(11)10-13-6-4-3-5-7-13/h3-7,11-12,14-15,18H,8-10,16H2,1-2H3/t11-,12+,14?,15?/m1/s1. The lowest BCUT2D eigenvalue weighted by Crippen LogP contribution is -2.55. The molecule has 1 aliphatic heterocycles. The zero-order chi connectivity index (χ0) is 13.1.